The van der Waals surface area contributed by atoms with Gasteiger partial charge in [-0.1, -0.05) is 98.8 Å². The van der Waals surface area contributed by atoms with Crippen LogP contribution in [0.4, 0.5) is 0 Å². The molecule has 10 heteroatoms. The van der Waals surface area contributed by atoms with Crippen molar-refractivity contribution in [3.05, 3.63) is 164 Å². The Morgan fingerprint density at radius 1 is 0.586 bits per heavy atom. The number of nitrogens with one attached hydrogen (secondary N) is 4. The van der Waals surface area contributed by atoms with Crippen LogP contribution in [0.25, 0.3) is 43.6 Å². The first kappa shape index (κ1) is 38.2. The van der Waals surface area contributed by atoms with Gasteiger partial charge in [0.05, 0.1) is 33.1 Å². The van der Waals surface area contributed by atoms with Gasteiger partial charge in [-0.2, -0.15) is 0 Å². The molecule has 2 aliphatic carbocycles. The number of fused-ring (bicyclic) bond motifs is 4. The van der Waals surface area contributed by atoms with Crippen molar-refractivity contribution in [3.63, 3.8) is 0 Å². The number of rotatable bonds is 6. The number of aromatic nitrogens is 4. The summed E-state index contributed by atoms with van der Waals surface area (Å²) >= 11 is 0. The molecule has 6 aromatic carbocycles. The monoisotopic (exact) mass is 780 g/mol. The number of amides is 2. The Kier molecular flexibility index (Phi) is 9.67. The van der Waals surface area contributed by atoms with Crippen LogP contribution in [0, 0.1) is 13.8 Å². The van der Waals surface area contributed by atoms with Gasteiger partial charge in [0.15, 0.2) is 0 Å². The Morgan fingerprint density at radius 2 is 1.00 bits per heavy atom. The summed E-state index contributed by atoms with van der Waals surface area (Å²) in [5.74, 6) is -0.201. The van der Waals surface area contributed by atoms with Gasteiger partial charge in [-0.05, 0) is 108 Å². The van der Waals surface area contributed by atoms with Gasteiger partial charge in [0.25, 0.3) is 11.8 Å². The van der Waals surface area contributed by atoms with E-state index in [-0.39, 0.29) is 40.0 Å². The number of imidazole rings is 2. The Hall–Kier alpha value is -6.68. The average Bonchev–Trinajstić information content (AvgIpc) is 4.15. The molecule has 0 aliphatic heterocycles. The molecule has 2 aromatic heterocycles. The molecular weight excluding hydrogens is 725 g/mol. The third-order valence-corrected chi connectivity index (χ3v) is 11.8. The SMILES string of the molecule is CC.Cc1cc2[nH]c(=O)[nH]c2cc1C(=O)NC1(c2cccc3ccccc23)CC1.Cc1cc2c(cc1C(=O)NC1(c3cccc4ccccc34)CC1)n(C)c(=O)n2C.[HH].[HH].[HH].[HH]. The maximum Gasteiger partial charge on any atom is 0.328 e. The minimum atomic E-state index is -0.318. The van der Waals surface area contributed by atoms with Crippen LogP contribution < -0.4 is 22.0 Å². The quantitative estimate of drug-likeness (QED) is 0.134. The van der Waals surface area contributed by atoms with Crippen molar-refractivity contribution in [2.75, 3.05) is 0 Å². The van der Waals surface area contributed by atoms with Crippen molar-refractivity contribution in [1.29, 1.82) is 0 Å². The van der Waals surface area contributed by atoms with E-state index in [1.807, 2.05) is 76.2 Å². The number of H-pyrrole nitrogens is 2. The van der Waals surface area contributed by atoms with Crippen LogP contribution in [-0.2, 0) is 25.2 Å². The first-order valence-electron chi connectivity index (χ1n) is 20.0. The largest absolute Gasteiger partial charge is 0.342 e. The Labute approximate surface area is 341 Å². The fourth-order valence-corrected chi connectivity index (χ4v) is 8.36. The van der Waals surface area contributed by atoms with Crippen molar-refractivity contribution in [2.24, 2.45) is 14.1 Å². The van der Waals surface area contributed by atoms with Crippen LogP contribution >= 0.6 is 0 Å². The minimum absolute atomic E-state index is 0. The van der Waals surface area contributed by atoms with Gasteiger partial charge < -0.3 is 20.6 Å². The zero-order chi connectivity index (χ0) is 40.9. The summed E-state index contributed by atoms with van der Waals surface area (Å²) in [6.45, 7) is 7.81. The van der Waals surface area contributed by atoms with Crippen molar-refractivity contribution in [2.45, 2.75) is 64.5 Å². The number of nitrogens with zero attached hydrogens (tertiary/aromatic N) is 2. The normalized spacial score (nSPS) is 14.7. The minimum Gasteiger partial charge on any atom is -0.342 e. The van der Waals surface area contributed by atoms with E-state index >= 15 is 0 Å². The molecule has 2 fully saturated rings. The molecule has 0 bridgehead atoms. The number of hydrogen-bond donors (Lipinski definition) is 4. The number of aryl methyl sites for hydroxylation is 4. The zero-order valence-corrected chi connectivity index (χ0v) is 33.7. The van der Waals surface area contributed by atoms with E-state index in [0.29, 0.717) is 22.2 Å². The summed E-state index contributed by atoms with van der Waals surface area (Å²) in [4.78, 5) is 55.6. The van der Waals surface area contributed by atoms with E-state index in [2.05, 4.69) is 75.2 Å². The van der Waals surface area contributed by atoms with E-state index in [9.17, 15) is 19.2 Å². The van der Waals surface area contributed by atoms with Crippen LogP contribution in [0.1, 0.15) is 88.2 Å². The predicted octanol–water partition coefficient (Wildman–Crippen LogP) is 9.50. The molecule has 0 saturated heterocycles. The lowest BCUT2D eigenvalue weighted by Gasteiger charge is -2.21. The number of aromatic amines is 2. The molecule has 2 aliphatic rings. The molecule has 58 heavy (non-hydrogen) atoms. The van der Waals surface area contributed by atoms with Crippen molar-refractivity contribution < 1.29 is 15.3 Å². The first-order valence-corrected chi connectivity index (χ1v) is 20.0. The molecule has 302 valence electrons. The molecule has 0 unspecified atom stereocenters. The maximum atomic E-state index is 13.3. The van der Waals surface area contributed by atoms with E-state index in [4.69, 9.17) is 0 Å². The Morgan fingerprint density at radius 3 is 1.50 bits per heavy atom. The standard InChI is InChI=1S/C24H23N3O2.C22H19N3O2.C2H6.4H2/c1-15-13-20-21(27(3)23(29)26(20)2)14-18(15)22(28)25-24(11-12-24)19-10-6-8-16-7-4-5-9-17(16)19;1-13-11-18-19(24-21(27)23-18)12-16(13)20(26)25-22(9-10-22)17-8-4-6-14-5-2-3-7-15(14)17;1-2;;;;/h4-10,13-14H,11-12H2,1-3H3,(H,25,28);2-8,11-12H,9-10H2,1H3,(H,25,26)(H2,23,24,27);1-2H3;4*1H. The summed E-state index contributed by atoms with van der Waals surface area (Å²) in [6.07, 6.45) is 3.71. The topological polar surface area (TPSA) is 134 Å². The average molecular weight is 781 g/mol. The number of carbonyl (C=O) groups excluding carboxylic acids is 2. The molecule has 10 rings (SSSR count). The molecule has 2 amide bonds. The van der Waals surface area contributed by atoms with Crippen LogP contribution in [0.3, 0.4) is 0 Å². The van der Waals surface area contributed by atoms with Gasteiger partial charge in [-0.15, -0.1) is 0 Å². The second-order valence-corrected chi connectivity index (χ2v) is 15.5. The molecule has 4 N–H and O–H groups in total. The Balaban J connectivity index is 0.000000247. The number of carbonyl (C=O) groups is 2. The van der Waals surface area contributed by atoms with Gasteiger partial charge in [0.2, 0.25) is 0 Å². The third kappa shape index (κ3) is 6.68. The van der Waals surface area contributed by atoms with Crippen molar-refractivity contribution in [1.82, 2.24) is 29.7 Å². The van der Waals surface area contributed by atoms with Gasteiger partial charge in [-0.3, -0.25) is 18.7 Å². The second kappa shape index (κ2) is 14.7. The van der Waals surface area contributed by atoms with E-state index < -0.39 is 0 Å². The van der Waals surface area contributed by atoms with Crippen LogP contribution in [-0.4, -0.2) is 30.9 Å². The smallest absolute Gasteiger partial charge is 0.328 e. The van der Waals surface area contributed by atoms with E-state index in [1.54, 1.807) is 29.3 Å². The highest BCUT2D eigenvalue weighted by molar-refractivity contribution is 6.01. The molecule has 10 nitrogen and oxygen atoms in total. The highest BCUT2D eigenvalue weighted by Gasteiger charge is 2.47. The molecule has 2 heterocycles. The lowest BCUT2D eigenvalue weighted by atomic mass is 9.96. The van der Waals surface area contributed by atoms with Crippen LogP contribution in [0.5, 0.6) is 0 Å². The third-order valence-electron chi connectivity index (χ3n) is 11.8. The number of hydrogen-bond acceptors (Lipinski definition) is 4. The number of benzene rings is 6. The summed E-state index contributed by atoms with van der Waals surface area (Å²) in [7, 11) is 3.49. The zero-order valence-electron chi connectivity index (χ0n) is 33.7. The fraction of sp³-hybridized carbons (Fsp3) is 0.250. The van der Waals surface area contributed by atoms with E-state index in [1.165, 1.54) is 32.7 Å². The molecule has 2 saturated carbocycles. The predicted molar refractivity (Wildman–Crippen MR) is 241 cm³/mol. The lowest BCUT2D eigenvalue weighted by molar-refractivity contribution is 0.0922. The molecule has 0 spiro atoms. The first-order chi connectivity index (χ1) is 28.0. The van der Waals surface area contributed by atoms with Crippen molar-refractivity contribution >= 4 is 55.4 Å². The molecule has 0 atom stereocenters. The fourth-order valence-electron chi connectivity index (χ4n) is 8.36. The summed E-state index contributed by atoms with van der Waals surface area (Å²) in [5.41, 5.74) is 7.22. The van der Waals surface area contributed by atoms with Crippen LogP contribution in [0.2, 0.25) is 0 Å². The van der Waals surface area contributed by atoms with Gasteiger partial charge in [0.1, 0.15) is 0 Å². The summed E-state index contributed by atoms with van der Waals surface area (Å²) < 4.78 is 3.20. The van der Waals surface area contributed by atoms with Gasteiger partial charge >= 0.3 is 11.4 Å². The van der Waals surface area contributed by atoms with Crippen LogP contribution in [0.15, 0.2) is 119 Å². The van der Waals surface area contributed by atoms with Gasteiger partial charge in [-0.25, -0.2) is 9.59 Å². The lowest BCUT2D eigenvalue weighted by Crippen LogP contribution is -2.35. The molecular formula is C48H56N6O4. The highest BCUT2D eigenvalue weighted by Crippen LogP contribution is 2.49. The van der Waals surface area contributed by atoms with Gasteiger partial charge in [0, 0.05) is 30.9 Å². The summed E-state index contributed by atoms with van der Waals surface area (Å²) in [5, 5.41) is 11.3. The van der Waals surface area contributed by atoms with Crippen molar-refractivity contribution in [3.8, 4) is 0 Å². The molecule has 0 radical (unpaired) electrons. The maximum absolute atomic E-state index is 13.3. The van der Waals surface area contributed by atoms with E-state index in [0.717, 1.165) is 47.8 Å². The Bertz CT molecular complexity index is 3040. The molecule has 8 aromatic rings. The summed E-state index contributed by atoms with van der Waals surface area (Å²) in [6, 6.07) is 36.4. The highest BCUT2D eigenvalue weighted by atomic mass is 16.2. The second-order valence-electron chi connectivity index (χ2n) is 15.5.